The lowest BCUT2D eigenvalue weighted by molar-refractivity contribution is 0.181. The Balaban J connectivity index is 0.00000338. The van der Waals surface area contributed by atoms with Gasteiger partial charge in [0.15, 0.2) is 5.96 Å². The molecule has 1 aliphatic rings. The quantitative estimate of drug-likeness (QED) is 0.248. The highest BCUT2D eigenvalue weighted by Crippen LogP contribution is 2.21. The Morgan fingerprint density at radius 2 is 1.77 bits per heavy atom. The molecule has 0 spiro atoms. The number of hydrogen-bond acceptors (Lipinski definition) is 2. The fourth-order valence-corrected chi connectivity index (χ4v) is 3.49. The van der Waals surface area contributed by atoms with Crippen LogP contribution in [0.25, 0.3) is 0 Å². The molecule has 26 heavy (non-hydrogen) atoms. The van der Waals surface area contributed by atoms with E-state index in [9.17, 15) is 0 Å². The molecule has 1 aliphatic heterocycles. The van der Waals surface area contributed by atoms with Gasteiger partial charge in [-0.1, -0.05) is 37.3 Å². The molecular weight excluding hydrogens is 435 g/mol. The summed E-state index contributed by atoms with van der Waals surface area (Å²) in [5.74, 6) is 1.80. The summed E-state index contributed by atoms with van der Waals surface area (Å²) in [6.07, 6.45) is 7.54. The molecule has 1 heterocycles. The maximum absolute atomic E-state index is 4.24. The lowest BCUT2D eigenvalue weighted by Gasteiger charge is -2.32. The summed E-state index contributed by atoms with van der Waals surface area (Å²) in [6.45, 7) is 7.94. The molecule has 0 aliphatic carbocycles. The highest BCUT2D eigenvalue weighted by molar-refractivity contribution is 14.0. The minimum absolute atomic E-state index is 0. The zero-order chi connectivity index (χ0) is 17.7. The maximum Gasteiger partial charge on any atom is 0.190 e. The molecule has 0 aromatic heterocycles. The molecule has 0 radical (unpaired) electrons. The average molecular weight is 472 g/mol. The summed E-state index contributed by atoms with van der Waals surface area (Å²) in [5.41, 5.74) is 1.50. The number of likely N-dealkylation sites (tertiary alicyclic amines) is 1. The van der Waals surface area contributed by atoms with Gasteiger partial charge in [0.25, 0.3) is 0 Å². The lowest BCUT2D eigenvalue weighted by Crippen LogP contribution is -2.38. The summed E-state index contributed by atoms with van der Waals surface area (Å²) in [4.78, 5) is 6.88. The van der Waals surface area contributed by atoms with E-state index in [4.69, 9.17) is 0 Å². The second kappa shape index (κ2) is 14.3. The number of halogens is 1. The van der Waals surface area contributed by atoms with Crippen molar-refractivity contribution >= 4 is 29.9 Å². The van der Waals surface area contributed by atoms with Crippen LogP contribution in [0.3, 0.4) is 0 Å². The molecule has 1 aromatic rings. The zero-order valence-corrected chi connectivity index (χ0v) is 18.9. The third-order valence-corrected chi connectivity index (χ3v) is 5.03. The zero-order valence-electron chi connectivity index (χ0n) is 16.5. The predicted octanol–water partition coefficient (Wildman–Crippen LogP) is 3.91. The number of hydrogen-bond donors (Lipinski definition) is 2. The van der Waals surface area contributed by atoms with Gasteiger partial charge in [0, 0.05) is 20.1 Å². The number of benzene rings is 1. The van der Waals surface area contributed by atoms with Gasteiger partial charge in [0.05, 0.1) is 0 Å². The van der Waals surface area contributed by atoms with Crippen LogP contribution in [0.5, 0.6) is 0 Å². The monoisotopic (exact) mass is 472 g/mol. The van der Waals surface area contributed by atoms with Gasteiger partial charge in [-0.15, -0.1) is 24.0 Å². The molecule has 2 N–H and O–H groups in total. The normalized spacial score (nSPS) is 16.2. The number of aliphatic imine (C=N–C) groups is 1. The molecule has 1 saturated heterocycles. The van der Waals surface area contributed by atoms with Gasteiger partial charge in [-0.2, -0.15) is 0 Å². The van der Waals surface area contributed by atoms with Crippen LogP contribution in [-0.4, -0.2) is 50.6 Å². The van der Waals surface area contributed by atoms with Crippen LogP contribution in [0.1, 0.15) is 44.6 Å². The molecular formula is C21H37IN4. The summed E-state index contributed by atoms with van der Waals surface area (Å²) < 4.78 is 0. The number of nitrogens with zero attached hydrogens (tertiary/aromatic N) is 2. The van der Waals surface area contributed by atoms with E-state index in [1.807, 2.05) is 7.05 Å². The van der Waals surface area contributed by atoms with Crippen molar-refractivity contribution in [3.63, 3.8) is 0 Å². The van der Waals surface area contributed by atoms with Crippen molar-refractivity contribution in [2.75, 3.05) is 39.8 Å². The molecule has 0 bridgehead atoms. The van der Waals surface area contributed by atoms with Crippen molar-refractivity contribution in [3.8, 4) is 0 Å². The number of nitrogens with one attached hydrogen (secondary N) is 2. The Hall–Kier alpha value is -0.820. The fraction of sp³-hybridized carbons (Fsp3) is 0.667. The molecule has 0 saturated carbocycles. The van der Waals surface area contributed by atoms with Gasteiger partial charge >= 0.3 is 0 Å². The smallest absolute Gasteiger partial charge is 0.190 e. The van der Waals surface area contributed by atoms with Crippen LogP contribution in [0.4, 0.5) is 0 Å². The minimum Gasteiger partial charge on any atom is -0.356 e. The van der Waals surface area contributed by atoms with Crippen molar-refractivity contribution in [1.29, 1.82) is 0 Å². The van der Waals surface area contributed by atoms with Crippen molar-refractivity contribution in [2.24, 2.45) is 10.9 Å². The molecule has 0 amide bonds. The number of guanidine groups is 1. The van der Waals surface area contributed by atoms with Gasteiger partial charge in [-0.25, -0.2) is 0 Å². The lowest BCUT2D eigenvalue weighted by atomic mass is 9.90. The largest absolute Gasteiger partial charge is 0.356 e. The van der Waals surface area contributed by atoms with E-state index in [0.29, 0.717) is 0 Å². The topological polar surface area (TPSA) is 39.7 Å². The molecule has 2 rings (SSSR count). The second-order valence-corrected chi connectivity index (χ2v) is 7.11. The molecule has 148 valence electrons. The summed E-state index contributed by atoms with van der Waals surface area (Å²) in [5, 5.41) is 6.71. The van der Waals surface area contributed by atoms with Crippen LogP contribution in [0, 0.1) is 5.92 Å². The van der Waals surface area contributed by atoms with E-state index in [1.54, 1.807) is 0 Å². The van der Waals surface area contributed by atoms with E-state index in [1.165, 1.54) is 57.3 Å². The second-order valence-electron chi connectivity index (χ2n) is 7.11. The molecule has 1 aromatic carbocycles. The summed E-state index contributed by atoms with van der Waals surface area (Å²) in [6, 6.07) is 11.0. The van der Waals surface area contributed by atoms with Crippen molar-refractivity contribution < 1.29 is 0 Å². The first-order chi connectivity index (χ1) is 12.3. The maximum atomic E-state index is 4.24. The molecule has 5 heteroatoms. The van der Waals surface area contributed by atoms with Crippen LogP contribution in [-0.2, 0) is 6.42 Å². The van der Waals surface area contributed by atoms with E-state index >= 15 is 0 Å². The Kier molecular flexibility index (Phi) is 12.7. The highest BCUT2D eigenvalue weighted by Gasteiger charge is 2.18. The van der Waals surface area contributed by atoms with Crippen LogP contribution in [0.15, 0.2) is 35.3 Å². The first-order valence-electron chi connectivity index (χ1n) is 10.0. The predicted molar refractivity (Wildman–Crippen MR) is 124 cm³/mol. The summed E-state index contributed by atoms with van der Waals surface area (Å²) in [7, 11) is 1.84. The fourth-order valence-electron chi connectivity index (χ4n) is 3.49. The van der Waals surface area contributed by atoms with Crippen LogP contribution < -0.4 is 10.6 Å². The average Bonchev–Trinajstić information content (AvgIpc) is 2.66. The standard InChI is InChI=1S/C21H36N4.HI/c1-3-13-23-21(22-2)24-14-7-8-15-25-16-11-20(12-17-25)18-19-9-5-4-6-10-19;/h4-6,9-10,20H,3,7-8,11-18H2,1-2H3,(H2,22,23,24);1H. The van der Waals surface area contributed by atoms with E-state index in [2.05, 4.69) is 57.8 Å². The first kappa shape index (κ1) is 23.2. The highest BCUT2D eigenvalue weighted by atomic mass is 127. The first-order valence-corrected chi connectivity index (χ1v) is 10.0. The van der Waals surface area contributed by atoms with Gasteiger partial charge < -0.3 is 15.5 Å². The molecule has 0 unspecified atom stereocenters. The molecule has 1 fully saturated rings. The van der Waals surface area contributed by atoms with Crippen molar-refractivity contribution in [3.05, 3.63) is 35.9 Å². The van der Waals surface area contributed by atoms with E-state index in [0.717, 1.165) is 31.4 Å². The van der Waals surface area contributed by atoms with Gasteiger partial charge in [-0.3, -0.25) is 4.99 Å². The van der Waals surface area contributed by atoms with E-state index in [-0.39, 0.29) is 24.0 Å². The summed E-state index contributed by atoms with van der Waals surface area (Å²) >= 11 is 0. The van der Waals surface area contributed by atoms with Crippen molar-refractivity contribution in [2.45, 2.75) is 45.4 Å². The van der Waals surface area contributed by atoms with E-state index < -0.39 is 0 Å². The van der Waals surface area contributed by atoms with Crippen LogP contribution in [0.2, 0.25) is 0 Å². The number of rotatable bonds is 9. The number of piperidine rings is 1. The number of unbranched alkanes of at least 4 members (excludes halogenated alkanes) is 1. The van der Waals surface area contributed by atoms with Gasteiger partial charge in [-0.05, 0) is 69.6 Å². The van der Waals surface area contributed by atoms with Crippen LogP contribution >= 0.6 is 24.0 Å². The third-order valence-electron chi connectivity index (χ3n) is 5.03. The van der Waals surface area contributed by atoms with Crippen molar-refractivity contribution in [1.82, 2.24) is 15.5 Å². The molecule has 4 nitrogen and oxygen atoms in total. The Morgan fingerprint density at radius 3 is 2.42 bits per heavy atom. The Morgan fingerprint density at radius 1 is 1.08 bits per heavy atom. The SMILES string of the molecule is CCCNC(=NC)NCCCCN1CCC(Cc2ccccc2)CC1.I. The van der Waals surface area contributed by atoms with Gasteiger partial charge in [0.1, 0.15) is 0 Å². The van der Waals surface area contributed by atoms with Gasteiger partial charge in [0.2, 0.25) is 0 Å². The molecule has 0 atom stereocenters. The Labute approximate surface area is 177 Å². The third kappa shape index (κ3) is 9.21. The minimum atomic E-state index is 0. The Bertz CT molecular complexity index is 484.